The van der Waals surface area contributed by atoms with E-state index >= 15 is 0 Å². The van der Waals surface area contributed by atoms with Gasteiger partial charge in [-0.05, 0) is 25.0 Å². The van der Waals surface area contributed by atoms with E-state index in [1.54, 1.807) is 17.0 Å². The van der Waals surface area contributed by atoms with Crippen LogP contribution in [0.2, 0.25) is 0 Å². The third-order valence-corrected chi connectivity index (χ3v) is 3.04. The Hall–Kier alpha value is -1.62. The average molecular weight is 250 g/mol. The fraction of sp³-hybridized carbons (Fsp3) is 0.333. The number of carbonyl (C=O) groups excluding carboxylic acids is 1. The third kappa shape index (κ3) is 2.74. The highest BCUT2D eigenvalue weighted by molar-refractivity contribution is 7.80. The Kier molecular flexibility index (Phi) is 3.58. The highest BCUT2D eigenvalue weighted by Gasteiger charge is 2.31. The van der Waals surface area contributed by atoms with Crippen molar-refractivity contribution in [1.82, 2.24) is 4.90 Å². The van der Waals surface area contributed by atoms with Gasteiger partial charge in [0.15, 0.2) is 0 Å². The van der Waals surface area contributed by atoms with Crippen LogP contribution >= 0.6 is 12.2 Å². The van der Waals surface area contributed by atoms with E-state index in [1.165, 1.54) is 0 Å². The summed E-state index contributed by atoms with van der Waals surface area (Å²) in [5, 5.41) is 0. The van der Waals surface area contributed by atoms with Crippen LogP contribution in [0, 0.1) is 0 Å². The molecule has 0 bridgehead atoms. The number of ether oxygens (including phenoxy) is 1. The van der Waals surface area contributed by atoms with E-state index in [2.05, 4.69) is 0 Å². The minimum absolute atomic E-state index is 0.166. The molecule has 1 unspecified atom stereocenters. The number of thiocarbonyl (C=S) groups is 1. The first-order chi connectivity index (χ1) is 8.18. The minimum atomic E-state index is -0.383. The summed E-state index contributed by atoms with van der Waals surface area (Å²) in [5.74, 6) is 0.533. The molecule has 2 rings (SSSR count). The van der Waals surface area contributed by atoms with Gasteiger partial charge in [0, 0.05) is 6.54 Å². The zero-order valence-electron chi connectivity index (χ0n) is 9.33. The summed E-state index contributed by atoms with van der Waals surface area (Å²) in [6.45, 7) is 0.647. The molecule has 1 aromatic rings. The van der Waals surface area contributed by atoms with Crippen molar-refractivity contribution in [1.29, 1.82) is 0 Å². The fourth-order valence-corrected chi connectivity index (χ4v) is 2.17. The van der Waals surface area contributed by atoms with Gasteiger partial charge in [-0.25, -0.2) is 4.79 Å². The van der Waals surface area contributed by atoms with E-state index in [1.807, 2.05) is 18.2 Å². The average Bonchev–Trinajstić information content (AvgIpc) is 2.79. The zero-order chi connectivity index (χ0) is 12.3. The zero-order valence-corrected chi connectivity index (χ0v) is 10.2. The lowest BCUT2D eigenvalue weighted by Gasteiger charge is -2.22. The van der Waals surface area contributed by atoms with Crippen molar-refractivity contribution in [2.24, 2.45) is 5.73 Å². The smallest absolute Gasteiger partial charge is 0.410 e. The van der Waals surface area contributed by atoms with E-state index in [0.717, 1.165) is 12.8 Å². The van der Waals surface area contributed by atoms with Gasteiger partial charge >= 0.3 is 6.09 Å². The number of rotatable bonds is 2. The number of nitrogens with zero attached hydrogens (tertiary/aromatic N) is 1. The van der Waals surface area contributed by atoms with Crippen molar-refractivity contribution in [3.63, 3.8) is 0 Å². The molecule has 1 heterocycles. The standard InChI is InChI=1S/C12H14N2O2S/c13-11(17)10-7-4-8-14(10)12(15)16-9-5-2-1-3-6-9/h1-3,5-6,10H,4,7-8H2,(H2,13,17). The maximum atomic E-state index is 11.9. The number of amides is 1. The summed E-state index contributed by atoms with van der Waals surface area (Å²) >= 11 is 4.94. The third-order valence-electron chi connectivity index (χ3n) is 2.76. The van der Waals surface area contributed by atoms with Crippen LogP contribution in [-0.2, 0) is 0 Å². The van der Waals surface area contributed by atoms with Gasteiger partial charge < -0.3 is 10.5 Å². The molecule has 1 amide bonds. The summed E-state index contributed by atoms with van der Waals surface area (Å²) < 4.78 is 5.25. The molecule has 1 saturated heterocycles. The van der Waals surface area contributed by atoms with Crippen molar-refractivity contribution < 1.29 is 9.53 Å². The van der Waals surface area contributed by atoms with Crippen molar-refractivity contribution in [3.8, 4) is 5.75 Å². The predicted molar refractivity (Wildman–Crippen MR) is 69.0 cm³/mol. The molecule has 2 N–H and O–H groups in total. The molecule has 0 spiro atoms. The van der Waals surface area contributed by atoms with Crippen LogP contribution in [0.15, 0.2) is 30.3 Å². The van der Waals surface area contributed by atoms with E-state index in [0.29, 0.717) is 17.3 Å². The number of hydrogen-bond acceptors (Lipinski definition) is 3. The summed E-state index contributed by atoms with van der Waals surface area (Å²) in [6, 6.07) is 8.81. The van der Waals surface area contributed by atoms with Crippen LogP contribution in [0.3, 0.4) is 0 Å². The molecule has 17 heavy (non-hydrogen) atoms. The number of nitrogens with two attached hydrogens (primary N) is 1. The maximum absolute atomic E-state index is 11.9. The molecule has 1 aliphatic rings. The molecule has 90 valence electrons. The highest BCUT2D eigenvalue weighted by Crippen LogP contribution is 2.20. The molecule has 0 aromatic heterocycles. The second-order valence-electron chi connectivity index (χ2n) is 3.93. The topological polar surface area (TPSA) is 55.6 Å². The van der Waals surface area contributed by atoms with Gasteiger partial charge in [-0.2, -0.15) is 0 Å². The van der Waals surface area contributed by atoms with E-state index in [4.69, 9.17) is 22.7 Å². The normalized spacial score (nSPS) is 19.1. The summed E-state index contributed by atoms with van der Waals surface area (Å²) in [7, 11) is 0. The summed E-state index contributed by atoms with van der Waals surface area (Å²) in [4.78, 5) is 13.9. The van der Waals surface area contributed by atoms with Gasteiger partial charge in [-0.3, -0.25) is 4.90 Å². The van der Waals surface area contributed by atoms with Crippen LogP contribution in [0.1, 0.15) is 12.8 Å². The van der Waals surface area contributed by atoms with Crippen LogP contribution < -0.4 is 10.5 Å². The second kappa shape index (κ2) is 5.14. The number of benzene rings is 1. The Bertz CT molecular complexity index is 422. The Labute approximate surface area is 105 Å². The molecular weight excluding hydrogens is 236 g/mol. The Morgan fingerprint density at radius 2 is 2.12 bits per heavy atom. The van der Waals surface area contributed by atoms with Crippen molar-refractivity contribution in [2.75, 3.05) is 6.54 Å². The maximum Gasteiger partial charge on any atom is 0.415 e. The van der Waals surface area contributed by atoms with E-state index in [-0.39, 0.29) is 12.1 Å². The van der Waals surface area contributed by atoms with Crippen LogP contribution in [0.4, 0.5) is 4.79 Å². The molecule has 0 aliphatic carbocycles. The molecular formula is C12H14N2O2S. The number of likely N-dealkylation sites (tertiary alicyclic amines) is 1. The number of hydrogen-bond donors (Lipinski definition) is 1. The Morgan fingerprint density at radius 1 is 1.41 bits per heavy atom. The Morgan fingerprint density at radius 3 is 2.76 bits per heavy atom. The largest absolute Gasteiger partial charge is 0.415 e. The molecule has 0 radical (unpaired) electrons. The molecule has 5 heteroatoms. The first kappa shape index (κ1) is 11.9. The van der Waals surface area contributed by atoms with Gasteiger partial charge in [0.05, 0.1) is 11.0 Å². The summed E-state index contributed by atoms with van der Waals surface area (Å²) in [5.41, 5.74) is 5.60. The molecule has 1 atom stereocenters. The first-order valence-electron chi connectivity index (χ1n) is 5.51. The lowest BCUT2D eigenvalue weighted by molar-refractivity contribution is 0.157. The van der Waals surface area contributed by atoms with E-state index < -0.39 is 0 Å². The molecule has 1 aliphatic heterocycles. The van der Waals surface area contributed by atoms with Crippen LogP contribution in [-0.4, -0.2) is 28.6 Å². The molecule has 0 saturated carbocycles. The van der Waals surface area contributed by atoms with Gasteiger partial charge in [-0.1, -0.05) is 30.4 Å². The summed E-state index contributed by atoms with van der Waals surface area (Å²) in [6.07, 6.45) is 1.34. The van der Waals surface area contributed by atoms with Gasteiger partial charge in [0.1, 0.15) is 5.75 Å². The highest BCUT2D eigenvalue weighted by atomic mass is 32.1. The number of carbonyl (C=O) groups is 1. The van der Waals surface area contributed by atoms with Gasteiger partial charge in [0.25, 0.3) is 0 Å². The Balaban J connectivity index is 2.03. The first-order valence-corrected chi connectivity index (χ1v) is 5.92. The SMILES string of the molecule is NC(=S)C1CCCN1C(=O)Oc1ccccc1. The fourth-order valence-electron chi connectivity index (χ4n) is 1.93. The number of para-hydroxylation sites is 1. The quantitative estimate of drug-likeness (QED) is 0.815. The predicted octanol–water partition coefficient (Wildman–Crippen LogP) is 1.94. The van der Waals surface area contributed by atoms with Crippen LogP contribution in [0.5, 0.6) is 5.75 Å². The van der Waals surface area contributed by atoms with Gasteiger partial charge in [-0.15, -0.1) is 0 Å². The van der Waals surface area contributed by atoms with Crippen molar-refractivity contribution in [2.45, 2.75) is 18.9 Å². The minimum Gasteiger partial charge on any atom is -0.410 e. The van der Waals surface area contributed by atoms with Gasteiger partial charge in [0.2, 0.25) is 0 Å². The molecule has 1 fully saturated rings. The monoisotopic (exact) mass is 250 g/mol. The molecule has 1 aromatic carbocycles. The lowest BCUT2D eigenvalue weighted by Crippen LogP contribution is -2.44. The second-order valence-corrected chi connectivity index (χ2v) is 4.41. The van der Waals surface area contributed by atoms with Crippen molar-refractivity contribution in [3.05, 3.63) is 30.3 Å². The van der Waals surface area contributed by atoms with Crippen molar-refractivity contribution >= 4 is 23.3 Å². The van der Waals surface area contributed by atoms with Crippen LogP contribution in [0.25, 0.3) is 0 Å². The lowest BCUT2D eigenvalue weighted by atomic mass is 10.2. The molecule has 4 nitrogen and oxygen atoms in total. The van der Waals surface area contributed by atoms with E-state index in [9.17, 15) is 4.79 Å².